The minimum absolute atomic E-state index is 0.0894. The number of hydrogen-bond donors (Lipinski definition) is 0. The van der Waals surface area contributed by atoms with Crippen LogP contribution in [-0.2, 0) is 9.53 Å². The number of pyridine rings is 1. The molecule has 0 radical (unpaired) electrons. The molecular formula is C23H26BrNO3S. The monoisotopic (exact) mass is 475 g/mol. The SMILES string of the molecule is CSc1ccc(C(CC2CCOCC2)C(=O)CCC(=O)c2ccc(Br)cn2)cc1. The van der Waals surface area contributed by atoms with Crippen LogP contribution in [0.2, 0.25) is 0 Å². The lowest BCUT2D eigenvalue weighted by Gasteiger charge is -2.26. The van der Waals surface area contributed by atoms with Crippen molar-refractivity contribution in [3.05, 3.63) is 58.3 Å². The third-order valence-electron chi connectivity index (χ3n) is 5.43. The minimum atomic E-state index is -0.167. The van der Waals surface area contributed by atoms with Crippen LogP contribution in [0.5, 0.6) is 0 Å². The van der Waals surface area contributed by atoms with Crippen LogP contribution in [-0.4, -0.2) is 36.0 Å². The molecule has 2 aromatic rings. The molecule has 0 amide bonds. The Kier molecular flexibility index (Phi) is 8.45. The molecule has 1 atom stereocenters. The van der Waals surface area contributed by atoms with Crippen LogP contribution < -0.4 is 0 Å². The number of aromatic nitrogens is 1. The summed E-state index contributed by atoms with van der Waals surface area (Å²) >= 11 is 5.01. The number of hydrogen-bond acceptors (Lipinski definition) is 5. The predicted molar refractivity (Wildman–Crippen MR) is 120 cm³/mol. The molecule has 1 aromatic heterocycles. The van der Waals surface area contributed by atoms with Crippen LogP contribution in [0.15, 0.2) is 52.0 Å². The number of benzene rings is 1. The average molecular weight is 476 g/mol. The molecule has 0 spiro atoms. The van der Waals surface area contributed by atoms with E-state index in [4.69, 9.17) is 4.74 Å². The van der Waals surface area contributed by atoms with E-state index in [1.807, 2.05) is 6.26 Å². The highest BCUT2D eigenvalue weighted by molar-refractivity contribution is 9.10. The quantitative estimate of drug-likeness (QED) is 0.343. The Hall–Kier alpha value is -1.50. The van der Waals surface area contributed by atoms with Gasteiger partial charge in [0.15, 0.2) is 5.78 Å². The van der Waals surface area contributed by atoms with Crippen molar-refractivity contribution >= 4 is 39.3 Å². The number of thioether (sulfide) groups is 1. The van der Waals surface area contributed by atoms with E-state index in [0.29, 0.717) is 11.6 Å². The molecule has 1 fully saturated rings. The fourth-order valence-electron chi connectivity index (χ4n) is 3.68. The molecule has 1 aliphatic heterocycles. The summed E-state index contributed by atoms with van der Waals surface area (Å²) in [4.78, 5) is 30.9. The van der Waals surface area contributed by atoms with Crippen molar-refractivity contribution in [1.29, 1.82) is 0 Å². The molecule has 0 aliphatic carbocycles. The third kappa shape index (κ3) is 6.49. The second-order valence-corrected chi connectivity index (χ2v) is 9.16. The maximum absolute atomic E-state index is 13.1. The van der Waals surface area contributed by atoms with Crippen molar-refractivity contribution < 1.29 is 14.3 Å². The van der Waals surface area contributed by atoms with E-state index in [9.17, 15) is 9.59 Å². The third-order valence-corrected chi connectivity index (χ3v) is 6.64. The van der Waals surface area contributed by atoms with E-state index in [-0.39, 0.29) is 30.3 Å². The van der Waals surface area contributed by atoms with E-state index in [2.05, 4.69) is 45.2 Å². The molecule has 1 aromatic carbocycles. The molecular weight excluding hydrogens is 450 g/mol. The summed E-state index contributed by atoms with van der Waals surface area (Å²) in [5.41, 5.74) is 1.46. The van der Waals surface area contributed by atoms with Crippen molar-refractivity contribution in [3.8, 4) is 0 Å². The Morgan fingerprint density at radius 1 is 1.14 bits per heavy atom. The minimum Gasteiger partial charge on any atom is -0.381 e. The first kappa shape index (κ1) is 22.2. The summed E-state index contributed by atoms with van der Waals surface area (Å²) < 4.78 is 6.30. The van der Waals surface area contributed by atoms with Crippen LogP contribution in [0.1, 0.15) is 54.1 Å². The Balaban J connectivity index is 1.68. The number of carbonyl (C=O) groups is 2. The molecule has 1 aliphatic rings. The number of halogens is 1. The lowest BCUT2D eigenvalue weighted by atomic mass is 9.81. The van der Waals surface area contributed by atoms with E-state index < -0.39 is 0 Å². The summed E-state index contributed by atoms with van der Waals surface area (Å²) in [6.45, 7) is 1.54. The highest BCUT2D eigenvalue weighted by Gasteiger charge is 2.26. The number of Topliss-reactive ketones (excluding diaryl/α,β-unsaturated/α-hetero) is 2. The second kappa shape index (κ2) is 11.0. The fourth-order valence-corrected chi connectivity index (χ4v) is 4.33. The highest BCUT2D eigenvalue weighted by atomic mass is 79.9. The maximum atomic E-state index is 13.1. The largest absolute Gasteiger partial charge is 0.381 e. The Labute approximate surface area is 185 Å². The van der Waals surface area contributed by atoms with E-state index in [0.717, 1.165) is 42.5 Å². The zero-order valence-corrected chi connectivity index (χ0v) is 19.0. The van der Waals surface area contributed by atoms with Gasteiger partial charge in [0.25, 0.3) is 0 Å². The second-order valence-electron chi connectivity index (χ2n) is 7.37. The average Bonchev–Trinajstić information content (AvgIpc) is 2.77. The van der Waals surface area contributed by atoms with Gasteiger partial charge in [-0.2, -0.15) is 0 Å². The standard InChI is InChI=1S/C23H26BrNO3S/c1-29-19-5-2-17(3-6-19)20(14-16-10-12-28-13-11-16)22(26)8-9-23(27)21-7-4-18(24)15-25-21/h2-7,15-16,20H,8-14H2,1H3. The summed E-state index contributed by atoms with van der Waals surface area (Å²) in [6, 6.07) is 11.8. The number of ether oxygens (including phenoxy) is 1. The molecule has 2 heterocycles. The smallest absolute Gasteiger partial charge is 0.181 e. The van der Waals surface area contributed by atoms with Gasteiger partial charge in [-0.05, 0) is 77.2 Å². The summed E-state index contributed by atoms with van der Waals surface area (Å²) in [7, 11) is 0. The van der Waals surface area contributed by atoms with Gasteiger partial charge >= 0.3 is 0 Å². The molecule has 4 nitrogen and oxygen atoms in total. The summed E-state index contributed by atoms with van der Waals surface area (Å²) in [5, 5.41) is 0. The van der Waals surface area contributed by atoms with Gasteiger partial charge in [-0.1, -0.05) is 12.1 Å². The van der Waals surface area contributed by atoms with Gasteiger partial charge in [0.05, 0.1) is 0 Å². The van der Waals surface area contributed by atoms with Crippen molar-refractivity contribution in [2.75, 3.05) is 19.5 Å². The molecule has 3 rings (SSSR count). The van der Waals surface area contributed by atoms with Crippen molar-refractivity contribution in [2.24, 2.45) is 5.92 Å². The highest BCUT2D eigenvalue weighted by Crippen LogP contribution is 2.32. The van der Waals surface area contributed by atoms with E-state index in [1.54, 1.807) is 30.1 Å². The zero-order chi connectivity index (χ0) is 20.6. The van der Waals surface area contributed by atoms with Crippen LogP contribution in [0.25, 0.3) is 0 Å². The Morgan fingerprint density at radius 2 is 1.86 bits per heavy atom. The normalized spacial score (nSPS) is 15.8. The Bertz CT molecular complexity index is 817. The topological polar surface area (TPSA) is 56.3 Å². The zero-order valence-electron chi connectivity index (χ0n) is 16.6. The van der Waals surface area contributed by atoms with Gasteiger partial charge in [-0.3, -0.25) is 14.6 Å². The summed E-state index contributed by atoms with van der Waals surface area (Å²) in [6.07, 6.45) is 6.90. The molecule has 1 unspecified atom stereocenters. The van der Waals surface area contributed by atoms with Gasteiger partial charge in [-0.15, -0.1) is 11.8 Å². The van der Waals surface area contributed by atoms with E-state index >= 15 is 0 Å². The van der Waals surface area contributed by atoms with Crippen LogP contribution in [0, 0.1) is 5.92 Å². The molecule has 29 heavy (non-hydrogen) atoms. The van der Waals surface area contributed by atoms with Gasteiger partial charge in [0.1, 0.15) is 11.5 Å². The maximum Gasteiger partial charge on any atom is 0.181 e. The van der Waals surface area contributed by atoms with Gasteiger partial charge in [0, 0.05) is 47.5 Å². The van der Waals surface area contributed by atoms with Crippen molar-refractivity contribution in [2.45, 2.75) is 42.9 Å². The van der Waals surface area contributed by atoms with Crippen molar-refractivity contribution in [3.63, 3.8) is 0 Å². The molecule has 0 saturated carbocycles. The molecule has 1 saturated heterocycles. The van der Waals surface area contributed by atoms with Gasteiger partial charge < -0.3 is 4.74 Å². The molecule has 6 heteroatoms. The number of nitrogens with zero attached hydrogens (tertiary/aromatic N) is 1. The number of rotatable bonds is 9. The number of ketones is 2. The van der Waals surface area contributed by atoms with Crippen LogP contribution in [0.3, 0.4) is 0 Å². The predicted octanol–water partition coefficient (Wildman–Crippen LogP) is 5.70. The first-order valence-corrected chi connectivity index (χ1v) is 12.0. The lowest BCUT2D eigenvalue weighted by Crippen LogP contribution is -2.22. The molecule has 0 bridgehead atoms. The first-order valence-electron chi connectivity index (χ1n) is 9.96. The van der Waals surface area contributed by atoms with Crippen LogP contribution in [0.4, 0.5) is 0 Å². The molecule has 154 valence electrons. The van der Waals surface area contributed by atoms with Gasteiger partial charge in [-0.25, -0.2) is 0 Å². The molecule has 0 N–H and O–H groups in total. The lowest BCUT2D eigenvalue weighted by molar-refractivity contribution is -0.121. The van der Waals surface area contributed by atoms with Gasteiger partial charge in [0.2, 0.25) is 0 Å². The Morgan fingerprint density at radius 3 is 2.48 bits per heavy atom. The number of carbonyl (C=O) groups excluding carboxylic acids is 2. The van der Waals surface area contributed by atoms with Crippen molar-refractivity contribution in [1.82, 2.24) is 4.98 Å². The van der Waals surface area contributed by atoms with E-state index in [1.165, 1.54) is 4.90 Å². The summed E-state index contributed by atoms with van der Waals surface area (Å²) in [5.74, 6) is 0.369. The fraction of sp³-hybridized carbons (Fsp3) is 0.435. The van der Waals surface area contributed by atoms with Crippen LogP contribution >= 0.6 is 27.7 Å². The first-order chi connectivity index (χ1) is 14.1.